The van der Waals surface area contributed by atoms with Crippen molar-refractivity contribution in [2.24, 2.45) is 34.5 Å². The number of hydrogen-bond acceptors (Lipinski definition) is 6. The summed E-state index contributed by atoms with van der Waals surface area (Å²) in [5.74, 6) is 2.46. The Morgan fingerprint density at radius 3 is 2.41 bits per heavy atom. The summed E-state index contributed by atoms with van der Waals surface area (Å²) in [5.41, 5.74) is -1.50. The van der Waals surface area contributed by atoms with Crippen LogP contribution in [0.5, 0.6) is 0 Å². The summed E-state index contributed by atoms with van der Waals surface area (Å²) in [7, 11) is 3.87. The van der Waals surface area contributed by atoms with Gasteiger partial charge in [0.2, 0.25) is 0 Å². The summed E-state index contributed by atoms with van der Waals surface area (Å²) in [4.78, 5) is 27.5. The Labute approximate surface area is 194 Å². The molecule has 3 aliphatic carbocycles. The fraction of sp³-hybridized carbons (Fsp3) is 0.846. The van der Waals surface area contributed by atoms with Crippen LogP contribution in [0.4, 0.5) is 0 Å². The molecule has 0 spiro atoms. The minimum atomic E-state index is -0.762. The first-order chi connectivity index (χ1) is 15.1. The Balaban J connectivity index is 1.42. The summed E-state index contributed by atoms with van der Waals surface area (Å²) < 4.78 is 17.2. The van der Waals surface area contributed by atoms with Crippen molar-refractivity contribution in [1.29, 1.82) is 0 Å². The van der Waals surface area contributed by atoms with Gasteiger partial charge in [0.05, 0.1) is 23.5 Å². The van der Waals surface area contributed by atoms with Crippen LogP contribution in [0.3, 0.4) is 0 Å². The molecule has 0 amide bonds. The summed E-state index contributed by atoms with van der Waals surface area (Å²) >= 11 is 0. The van der Waals surface area contributed by atoms with Gasteiger partial charge in [0.1, 0.15) is 13.2 Å². The van der Waals surface area contributed by atoms with Gasteiger partial charge in [0.15, 0.2) is 0 Å². The fourth-order valence-corrected chi connectivity index (χ4v) is 6.10. The van der Waals surface area contributed by atoms with Crippen molar-refractivity contribution in [1.82, 2.24) is 4.90 Å². The number of likely N-dealkylation sites (N-methyl/N-ethyl adjacent to an activating group) is 1. The second-order valence-electron chi connectivity index (χ2n) is 11.3. The Hall–Kier alpha value is -1.40. The van der Waals surface area contributed by atoms with Crippen molar-refractivity contribution in [3.8, 4) is 0 Å². The van der Waals surface area contributed by atoms with Crippen molar-refractivity contribution in [3.63, 3.8) is 0 Å². The van der Waals surface area contributed by atoms with E-state index in [1.807, 2.05) is 46.7 Å². The van der Waals surface area contributed by atoms with E-state index in [9.17, 15) is 9.59 Å². The predicted molar refractivity (Wildman–Crippen MR) is 124 cm³/mol. The maximum absolute atomic E-state index is 12.9. The minimum Gasteiger partial charge on any atom is -0.464 e. The molecule has 0 heterocycles. The molecule has 0 aromatic carbocycles. The van der Waals surface area contributed by atoms with Crippen LogP contribution in [-0.4, -0.2) is 63.4 Å². The number of esters is 2. The van der Waals surface area contributed by atoms with Crippen LogP contribution in [0.25, 0.3) is 0 Å². The molecule has 6 atom stereocenters. The van der Waals surface area contributed by atoms with Crippen LogP contribution in [-0.2, 0) is 23.8 Å². The fourth-order valence-electron chi connectivity index (χ4n) is 6.10. The highest BCUT2D eigenvalue weighted by Gasteiger charge is 2.52. The van der Waals surface area contributed by atoms with Gasteiger partial charge in [-0.1, -0.05) is 19.1 Å². The van der Waals surface area contributed by atoms with Gasteiger partial charge in [-0.15, -0.1) is 0 Å². The first-order valence-corrected chi connectivity index (χ1v) is 12.3. The number of nitrogens with zero attached hydrogens (tertiary/aromatic N) is 1. The molecule has 0 N–H and O–H groups in total. The van der Waals surface area contributed by atoms with E-state index < -0.39 is 10.8 Å². The maximum atomic E-state index is 12.9. The number of rotatable bonds is 12. The summed E-state index contributed by atoms with van der Waals surface area (Å²) in [5, 5.41) is 0. The van der Waals surface area contributed by atoms with E-state index in [1.54, 1.807) is 0 Å². The molecule has 2 fully saturated rings. The predicted octanol–water partition coefficient (Wildman–Crippen LogP) is 4.08. The molecular formula is C26H43NO5. The Kier molecular flexibility index (Phi) is 8.08. The molecule has 0 radical (unpaired) electrons. The highest BCUT2D eigenvalue weighted by atomic mass is 16.6. The zero-order chi connectivity index (χ0) is 23.5. The Bertz CT molecular complexity index is 702. The molecule has 0 aromatic rings. The van der Waals surface area contributed by atoms with Crippen LogP contribution in [0.2, 0.25) is 0 Å². The molecule has 32 heavy (non-hydrogen) atoms. The van der Waals surface area contributed by atoms with Gasteiger partial charge in [0, 0.05) is 6.54 Å². The van der Waals surface area contributed by atoms with Crippen LogP contribution in [0, 0.1) is 34.5 Å². The number of hydrogen-bond donors (Lipinski definition) is 0. The molecular weight excluding hydrogens is 406 g/mol. The SMILES string of the molecule is CCC(C)(CC(C)(C)C(=O)OCCN(C)C)C(=O)OCCOC1CC2CC1C1CC=CC21. The lowest BCUT2D eigenvalue weighted by atomic mass is 9.72. The van der Waals surface area contributed by atoms with E-state index in [0.29, 0.717) is 44.6 Å². The standard InChI is InChI=1S/C26H43NO5/c1-7-26(4,17-25(2,3)23(28)31-12-11-27(5)6)24(29)32-14-13-30-22-16-18-15-21(22)20-10-8-9-19(18)20/h8-9,18-22H,7,10-17H2,1-6H3. The molecule has 3 aliphatic rings. The lowest BCUT2D eigenvalue weighted by Gasteiger charge is -2.34. The first kappa shape index (κ1) is 25.2. The lowest BCUT2D eigenvalue weighted by molar-refractivity contribution is -0.164. The van der Waals surface area contributed by atoms with E-state index in [2.05, 4.69) is 12.2 Å². The van der Waals surface area contributed by atoms with E-state index in [4.69, 9.17) is 14.2 Å². The van der Waals surface area contributed by atoms with Crippen LogP contribution in [0.15, 0.2) is 12.2 Å². The van der Waals surface area contributed by atoms with Gasteiger partial charge in [-0.25, -0.2) is 0 Å². The maximum Gasteiger partial charge on any atom is 0.311 e. The molecule has 182 valence electrons. The number of fused-ring (bicyclic) bond motifs is 5. The molecule has 6 heteroatoms. The third-order valence-electron chi connectivity index (χ3n) is 8.02. The highest BCUT2D eigenvalue weighted by molar-refractivity contribution is 5.80. The van der Waals surface area contributed by atoms with Crippen molar-refractivity contribution in [2.75, 3.05) is 40.5 Å². The first-order valence-electron chi connectivity index (χ1n) is 12.3. The summed E-state index contributed by atoms with van der Waals surface area (Å²) in [6, 6.07) is 0. The van der Waals surface area contributed by atoms with Gasteiger partial charge >= 0.3 is 11.9 Å². The normalized spacial score (nSPS) is 30.4. The largest absolute Gasteiger partial charge is 0.464 e. The molecule has 2 bridgehead atoms. The van der Waals surface area contributed by atoms with Crippen LogP contribution >= 0.6 is 0 Å². The highest BCUT2D eigenvalue weighted by Crippen LogP contribution is 2.57. The van der Waals surface area contributed by atoms with E-state index in [-0.39, 0.29) is 18.5 Å². The van der Waals surface area contributed by atoms with Gasteiger partial charge in [0.25, 0.3) is 0 Å². The molecule has 2 saturated carbocycles. The average molecular weight is 450 g/mol. The van der Waals surface area contributed by atoms with Gasteiger partial charge < -0.3 is 19.1 Å². The Morgan fingerprint density at radius 2 is 1.72 bits per heavy atom. The topological polar surface area (TPSA) is 65.1 Å². The Morgan fingerprint density at radius 1 is 1.00 bits per heavy atom. The molecule has 6 nitrogen and oxygen atoms in total. The number of carbonyl (C=O) groups excluding carboxylic acids is 2. The van der Waals surface area contributed by atoms with Gasteiger partial charge in [-0.2, -0.15) is 0 Å². The van der Waals surface area contributed by atoms with Crippen molar-refractivity contribution >= 4 is 11.9 Å². The number of carbonyl (C=O) groups is 2. The third-order valence-corrected chi connectivity index (χ3v) is 8.02. The lowest BCUT2D eigenvalue weighted by Crippen LogP contribution is -2.39. The minimum absolute atomic E-state index is 0.259. The number of ether oxygens (including phenoxy) is 3. The number of allylic oxidation sites excluding steroid dienone is 2. The molecule has 0 saturated heterocycles. The molecule has 3 rings (SSSR count). The smallest absolute Gasteiger partial charge is 0.311 e. The zero-order valence-corrected chi connectivity index (χ0v) is 20.9. The van der Waals surface area contributed by atoms with Gasteiger partial charge in [-0.3, -0.25) is 9.59 Å². The van der Waals surface area contributed by atoms with Crippen molar-refractivity contribution in [3.05, 3.63) is 12.2 Å². The zero-order valence-electron chi connectivity index (χ0n) is 20.9. The summed E-state index contributed by atoms with van der Waals surface area (Å²) in [6.07, 6.45) is 9.68. The second kappa shape index (κ2) is 10.3. The average Bonchev–Trinajstić information content (AvgIpc) is 3.43. The van der Waals surface area contributed by atoms with Crippen LogP contribution < -0.4 is 0 Å². The van der Waals surface area contributed by atoms with E-state index in [1.165, 1.54) is 12.8 Å². The third kappa shape index (κ3) is 5.56. The molecule has 0 aromatic heterocycles. The van der Waals surface area contributed by atoms with Crippen molar-refractivity contribution in [2.45, 2.75) is 65.9 Å². The van der Waals surface area contributed by atoms with E-state index in [0.717, 1.165) is 24.2 Å². The van der Waals surface area contributed by atoms with Gasteiger partial charge in [-0.05, 0) is 90.6 Å². The van der Waals surface area contributed by atoms with Crippen molar-refractivity contribution < 1.29 is 23.8 Å². The van der Waals surface area contributed by atoms with E-state index >= 15 is 0 Å². The second-order valence-corrected chi connectivity index (χ2v) is 11.3. The van der Waals surface area contributed by atoms with Crippen LogP contribution in [0.1, 0.15) is 59.8 Å². The monoisotopic (exact) mass is 449 g/mol. The quantitative estimate of drug-likeness (QED) is 0.254. The molecule has 6 unspecified atom stereocenters. The summed E-state index contributed by atoms with van der Waals surface area (Å²) in [6.45, 7) is 9.27. The molecule has 0 aliphatic heterocycles.